The van der Waals surface area contributed by atoms with Gasteiger partial charge >= 0.3 is 0 Å². The second-order valence-electron chi connectivity index (χ2n) is 8.92. The zero-order valence-electron chi connectivity index (χ0n) is 19.1. The molecule has 1 aromatic carbocycles. The van der Waals surface area contributed by atoms with Gasteiger partial charge in [0.2, 0.25) is 15.9 Å². The van der Waals surface area contributed by atoms with Gasteiger partial charge < -0.3 is 5.32 Å². The molecule has 1 fully saturated rings. The van der Waals surface area contributed by atoms with Crippen LogP contribution >= 0.6 is 0 Å². The summed E-state index contributed by atoms with van der Waals surface area (Å²) in [7, 11) is -3.53. The maximum Gasteiger partial charge on any atom is 0.243 e. The lowest BCUT2D eigenvalue weighted by atomic mass is 9.97. The van der Waals surface area contributed by atoms with Crippen LogP contribution in [0.25, 0.3) is 0 Å². The molecule has 1 amide bonds. The van der Waals surface area contributed by atoms with E-state index in [1.165, 1.54) is 4.31 Å². The number of aromatic nitrogens is 2. The number of rotatable bonds is 7. The van der Waals surface area contributed by atoms with Crippen LogP contribution < -0.4 is 5.32 Å². The number of nitrogens with zero attached hydrogens (tertiary/aromatic N) is 3. The fraction of sp³-hybridized carbons (Fsp3) is 0.565. The zero-order chi connectivity index (χ0) is 22.8. The first-order valence-corrected chi connectivity index (χ1v) is 12.4. The number of nitrogens with one attached hydrogen (secondary N) is 1. The Morgan fingerprint density at radius 2 is 1.74 bits per heavy atom. The van der Waals surface area contributed by atoms with Gasteiger partial charge in [0.05, 0.1) is 17.1 Å². The van der Waals surface area contributed by atoms with Crippen LogP contribution in [0.1, 0.15) is 56.5 Å². The van der Waals surface area contributed by atoms with Crippen molar-refractivity contribution in [1.82, 2.24) is 19.4 Å². The van der Waals surface area contributed by atoms with Crippen molar-refractivity contribution in [2.24, 2.45) is 5.92 Å². The lowest BCUT2D eigenvalue weighted by Crippen LogP contribution is -2.45. The minimum Gasteiger partial charge on any atom is -0.352 e. The van der Waals surface area contributed by atoms with Gasteiger partial charge in [0.25, 0.3) is 0 Å². The Balaban J connectivity index is 1.54. The van der Waals surface area contributed by atoms with Crippen molar-refractivity contribution in [3.63, 3.8) is 0 Å². The van der Waals surface area contributed by atoms with Crippen molar-refractivity contribution in [3.05, 3.63) is 47.3 Å². The maximum absolute atomic E-state index is 13.0. The van der Waals surface area contributed by atoms with Crippen molar-refractivity contribution in [3.8, 4) is 0 Å². The topological polar surface area (TPSA) is 84.3 Å². The predicted molar refractivity (Wildman–Crippen MR) is 121 cm³/mol. The van der Waals surface area contributed by atoms with Gasteiger partial charge in [-0.1, -0.05) is 26.0 Å². The van der Waals surface area contributed by atoms with E-state index in [0.29, 0.717) is 43.3 Å². The van der Waals surface area contributed by atoms with Crippen molar-refractivity contribution in [2.75, 3.05) is 13.1 Å². The van der Waals surface area contributed by atoms with E-state index in [1.807, 2.05) is 43.7 Å². The van der Waals surface area contributed by atoms with Crippen LogP contribution in [0.15, 0.2) is 35.2 Å². The molecule has 1 aliphatic heterocycles. The molecule has 1 saturated heterocycles. The van der Waals surface area contributed by atoms with Gasteiger partial charge in [-0.25, -0.2) is 8.42 Å². The molecular formula is C23H34N4O3S. The molecule has 0 radical (unpaired) electrons. The normalized spacial score (nSPS) is 17.1. The first-order chi connectivity index (χ1) is 14.6. The first kappa shape index (κ1) is 23.5. The van der Waals surface area contributed by atoms with Crippen LogP contribution in [0.2, 0.25) is 0 Å². The third kappa shape index (κ3) is 5.54. The number of benzene rings is 1. The second-order valence-corrected chi connectivity index (χ2v) is 10.9. The molecule has 0 saturated carbocycles. The highest BCUT2D eigenvalue weighted by Crippen LogP contribution is 2.25. The van der Waals surface area contributed by atoms with E-state index in [-0.39, 0.29) is 17.9 Å². The molecule has 1 atom stereocenters. The van der Waals surface area contributed by atoms with Gasteiger partial charge in [-0.2, -0.15) is 9.40 Å². The fourth-order valence-electron chi connectivity index (χ4n) is 4.06. The van der Waals surface area contributed by atoms with Gasteiger partial charge in [-0.05, 0) is 63.3 Å². The van der Waals surface area contributed by atoms with Gasteiger partial charge in [0.1, 0.15) is 0 Å². The van der Waals surface area contributed by atoms with Crippen LogP contribution in [0.4, 0.5) is 0 Å². The van der Waals surface area contributed by atoms with Gasteiger partial charge in [0, 0.05) is 30.7 Å². The third-order valence-electron chi connectivity index (χ3n) is 5.95. The number of carbonyl (C=O) groups is 1. The molecule has 3 rings (SSSR count). The second kappa shape index (κ2) is 9.53. The number of hydrogen-bond acceptors (Lipinski definition) is 4. The molecule has 0 aliphatic carbocycles. The van der Waals surface area contributed by atoms with Crippen LogP contribution in [0, 0.1) is 19.8 Å². The number of sulfonamides is 1. The Hall–Kier alpha value is -2.19. The monoisotopic (exact) mass is 446 g/mol. The quantitative estimate of drug-likeness (QED) is 0.708. The Labute approximate surface area is 185 Å². The fourth-order valence-corrected chi connectivity index (χ4v) is 5.53. The highest BCUT2D eigenvalue weighted by Gasteiger charge is 2.32. The molecule has 1 N–H and O–H groups in total. The number of hydrogen-bond donors (Lipinski definition) is 1. The molecule has 0 bridgehead atoms. The SMILES string of the molecule is Cc1cc(C)n(CC(C)NC(=O)C2CCN(S(=O)(=O)c3ccc(C(C)C)cc3)CC2)n1. The summed E-state index contributed by atoms with van der Waals surface area (Å²) in [5.74, 6) is 0.180. The van der Waals surface area contributed by atoms with E-state index in [2.05, 4.69) is 24.3 Å². The lowest BCUT2D eigenvalue weighted by Gasteiger charge is -2.31. The summed E-state index contributed by atoms with van der Waals surface area (Å²) in [5, 5.41) is 7.51. The van der Waals surface area contributed by atoms with Gasteiger partial charge in [0.15, 0.2) is 0 Å². The van der Waals surface area contributed by atoms with Crippen LogP contribution in [-0.2, 0) is 21.4 Å². The highest BCUT2D eigenvalue weighted by molar-refractivity contribution is 7.89. The van der Waals surface area contributed by atoms with Crippen molar-refractivity contribution in [2.45, 2.75) is 70.9 Å². The first-order valence-electron chi connectivity index (χ1n) is 11.0. The maximum atomic E-state index is 13.0. The summed E-state index contributed by atoms with van der Waals surface area (Å²) in [4.78, 5) is 13.0. The van der Waals surface area contributed by atoms with Gasteiger partial charge in [-0.15, -0.1) is 0 Å². The van der Waals surface area contributed by atoms with Crippen LogP contribution in [0.5, 0.6) is 0 Å². The Morgan fingerprint density at radius 3 is 2.26 bits per heavy atom. The van der Waals surface area contributed by atoms with E-state index in [4.69, 9.17) is 0 Å². The molecule has 1 aliphatic rings. The number of aryl methyl sites for hydroxylation is 2. The third-order valence-corrected chi connectivity index (χ3v) is 7.86. The molecule has 31 heavy (non-hydrogen) atoms. The Morgan fingerprint density at radius 1 is 1.13 bits per heavy atom. The van der Waals surface area contributed by atoms with E-state index in [9.17, 15) is 13.2 Å². The predicted octanol–water partition coefficient (Wildman–Crippen LogP) is 3.23. The minimum absolute atomic E-state index is 0.00707. The van der Waals surface area contributed by atoms with E-state index < -0.39 is 10.0 Å². The standard InChI is InChI=1S/C23H34N4O3S/c1-16(2)20-6-8-22(9-7-20)31(29,30)26-12-10-21(11-13-26)23(28)24-18(4)15-27-19(5)14-17(3)25-27/h6-9,14,16,18,21H,10-13,15H2,1-5H3,(H,24,28). The average Bonchev–Trinajstić information content (AvgIpc) is 3.04. The molecular weight excluding hydrogens is 412 g/mol. The summed E-state index contributed by atoms with van der Waals surface area (Å²) in [6.45, 7) is 11.4. The van der Waals surface area contributed by atoms with E-state index >= 15 is 0 Å². The summed E-state index contributed by atoms with van der Waals surface area (Å²) in [5.41, 5.74) is 3.14. The summed E-state index contributed by atoms with van der Waals surface area (Å²) < 4.78 is 29.4. The molecule has 0 spiro atoms. The smallest absolute Gasteiger partial charge is 0.243 e. The summed E-state index contributed by atoms with van der Waals surface area (Å²) in [6, 6.07) is 9.09. The molecule has 170 valence electrons. The van der Waals surface area contributed by atoms with Crippen LogP contribution in [-0.4, -0.2) is 47.5 Å². The minimum atomic E-state index is -3.53. The van der Waals surface area contributed by atoms with Crippen molar-refractivity contribution in [1.29, 1.82) is 0 Å². The summed E-state index contributed by atoms with van der Waals surface area (Å²) in [6.07, 6.45) is 1.06. The molecule has 2 heterocycles. The van der Waals surface area contributed by atoms with E-state index in [0.717, 1.165) is 17.0 Å². The van der Waals surface area contributed by atoms with Crippen LogP contribution in [0.3, 0.4) is 0 Å². The molecule has 7 nitrogen and oxygen atoms in total. The van der Waals surface area contributed by atoms with Crippen molar-refractivity contribution >= 4 is 15.9 Å². The average molecular weight is 447 g/mol. The Bertz CT molecular complexity index is 1000. The molecule has 1 aromatic heterocycles. The molecule has 8 heteroatoms. The number of amides is 1. The Kier molecular flexibility index (Phi) is 7.21. The highest BCUT2D eigenvalue weighted by atomic mass is 32.2. The summed E-state index contributed by atoms with van der Waals surface area (Å²) >= 11 is 0. The largest absolute Gasteiger partial charge is 0.352 e. The zero-order valence-corrected chi connectivity index (χ0v) is 19.9. The number of carbonyl (C=O) groups excluding carboxylic acids is 1. The van der Waals surface area contributed by atoms with E-state index in [1.54, 1.807) is 12.1 Å². The lowest BCUT2D eigenvalue weighted by molar-refractivity contribution is -0.126. The molecule has 1 unspecified atom stereocenters. The van der Waals surface area contributed by atoms with Gasteiger partial charge in [-0.3, -0.25) is 9.48 Å². The number of piperidine rings is 1. The molecule has 2 aromatic rings. The van der Waals surface area contributed by atoms with Crippen molar-refractivity contribution < 1.29 is 13.2 Å².